The number of nitrogens with one attached hydrogen (secondary N) is 3. The summed E-state index contributed by atoms with van der Waals surface area (Å²) < 4.78 is 0. The van der Waals surface area contributed by atoms with Crippen molar-refractivity contribution < 1.29 is 14.7 Å². The van der Waals surface area contributed by atoms with Crippen molar-refractivity contribution in [2.75, 3.05) is 17.7 Å². The molecule has 0 saturated carbocycles. The van der Waals surface area contributed by atoms with Gasteiger partial charge in [-0.3, -0.25) is 9.59 Å². The van der Waals surface area contributed by atoms with Gasteiger partial charge >= 0.3 is 0 Å². The van der Waals surface area contributed by atoms with Gasteiger partial charge in [0.15, 0.2) is 5.82 Å². The van der Waals surface area contributed by atoms with Crippen molar-refractivity contribution in [3.8, 4) is 11.4 Å². The molecule has 8 nitrogen and oxygen atoms in total. The van der Waals surface area contributed by atoms with Gasteiger partial charge in [0.05, 0.1) is 22.7 Å². The lowest BCUT2D eigenvalue weighted by Crippen LogP contribution is -2.34. The van der Waals surface area contributed by atoms with Crippen molar-refractivity contribution in [2.24, 2.45) is 5.41 Å². The van der Waals surface area contributed by atoms with Crippen molar-refractivity contribution in [1.29, 1.82) is 0 Å². The molecule has 39 heavy (non-hydrogen) atoms. The smallest absolute Gasteiger partial charge is 0.257 e. The molecular weight excluding hydrogens is 537 g/mol. The molecule has 1 heterocycles. The van der Waals surface area contributed by atoms with Crippen LogP contribution in [0.25, 0.3) is 22.3 Å². The maximum atomic E-state index is 13.1. The molecule has 1 aromatic heterocycles. The van der Waals surface area contributed by atoms with Gasteiger partial charge in [-0.1, -0.05) is 62.7 Å². The molecule has 0 aliphatic heterocycles. The van der Waals surface area contributed by atoms with E-state index in [9.17, 15) is 14.7 Å². The molecule has 0 aliphatic rings. The maximum absolute atomic E-state index is 13.1. The summed E-state index contributed by atoms with van der Waals surface area (Å²) in [5.41, 5.74) is 3.35. The third-order valence-electron chi connectivity index (χ3n) is 6.00. The summed E-state index contributed by atoms with van der Waals surface area (Å²) >= 11 is 6.34. The van der Waals surface area contributed by atoms with Crippen LogP contribution in [0, 0.1) is 5.41 Å². The molecule has 0 saturated heterocycles. The standard InChI is InChI=1S/C29H30ClN5O3.ClH/c1-29(2,3)28(38)32-15-18-7-12-23(30)22(13-18)27(37)33-20-10-11-21-24(14-20)34-25(35-26(21)31-4)19-8-5-17(16-36)6-9-19;/h5-14,36H,15-16H2,1-4H3,(H,32,38)(H,33,37)(H,31,34,35);1H. The summed E-state index contributed by atoms with van der Waals surface area (Å²) in [5, 5.41) is 19.3. The fourth-order valence-electron chi connectivity index (χ4n) is 3.79. The van der Waals surface area contributed by atoms with Crippen LogP contribution in [0.4, 0.5) is 11.5 Å². The number of aromatic nitrogens is 2. The number of fused-ring (bicyclic) bond motifs is 1. The van der Waals surface area contributed by atoms with Crippen LogP contribution in [0.1, 0.15) is 42.3 Å². The second kappa shape index (κ2) is 12.4. The lowest BCUT2D eigenvalue weighted by molar-refractivity contribution is -0.128. The van der Waals surface area contributed by atoms with Gasteiger partial charge in [0.25, 0.3) is 5.91 Å². The molecule has 0 spiro atoms. The van der Waals surface area contributed by atoms with Crippen molar-refractivity contribution in [3.05, 3.63) is 82.4 Å². The monoisotopic (exact) mass is 567 g/mol. The molecule has 3 aromatic carbocycles. The third-order valence-corrected chi connectivity index (χ3v) is 6.33. The summed E-state index contributed by atoms with van der Waals surface area (Å²) in [6, 6.07) is 17.9. The molecule has 0 fully saturated rings. The Kier molecular flexibility index (Phi) is 9.50. The number of nitrogens with zero attached hydrogens (tertiary/aromatic N) is 2. The Morgan fingerprint density at radius 1 is 0.949 bits per heavy atom. The van der Waals surface area contributed by atoms with E-state index in [0.717, 1.165) is 22.1 Å². The summed E-state index contributed by atoms with van der Waals surface area (Å²) in [5.74, 6) is 0.715. The van der Waals surface area contributed by atoms with Crippen molar-refractivity contribution in [1.82, 2.24) is 15.3 Å². The van der Waals surface area contributed by atoms with E-state index in [4.69, 9.17) is 16.6 Å². The van der Waals surface area contributed by atoms with E-state index in [-0.39, 0.29) is 37.4 Å². The lowest BCUT2D eigenvalue weighted by Gasteiger charge is -2.18. The zero-order valence-corrected chi connectivity index (χ0v) is 23.7. The van der Waals surface area contributed by atoms with E-state index >= 15 is 0 Å². The SMILES string of the molecule is CNc1nc(-c2ccc(CO)cc2)nc2cc(NC(=O)c3cc(CNC(=O)C(C)(C)C)ccc3Cl)ccc12.Cl. The quantitative estimate of drug-likeness (QED) is 0.223. The normalized spacial score (nSPS) is 11.0. The minimum Gasteiger partial charge on any atom is -0.392 e. The van der Waals surface area contributed by atoms with Gasteiger partial charge in [0, 0.05) is 35.6 Å². The van der Waals surface area contributed by atoms with Crippen LogP contribution in [-0.4, -0.2) is 33.9 Å². The van der Waals surface area contributed by atoms with Gasteiger partial charge in [-0.25, -0.2) is 9.97 Å². The number of aliphatic hydroxyl groups excluding tert-OH is 1. The van der Waals surface area contributed by atoms with Gasteiger partial charge in [-0.15, -0.1) is 12.4 Å². The second-order valence-corrected chi connectivity index (χ2v) is 10.3. The first kappa shape index (κ1) is 29.8. The first-order chi connectivity index (χ1) is 18.1. The highest BCUT2D eigenvalue weighted by atomic mass is 35.5. The van der Waals surface area contributed by atoms with E-state index in [1.807, 2.05) is 51.1 Å². The average molecular weight is 569 g/mol. The molecule has 4 aromatic rings. The van der Waals surface area contributed by atoms with Crippen molar-refractivity contribution >= 4 is 58.2 Å². The molecule has 0 unspecified atom stereocenters. The van der Waals surface area contributed by atoms with E-state index in [2.05, 4.69) is 20.9 Å². The van der Waals surface area contributed by atoms with Crippen molar-refractivity contribution in [2.45, 2.75) is 33.9 Å². The summed E-state index contributed by atoms with van der Waals surface area (Å²) in [6.45, 7) is 5.77. The van der Waals surface area contributed by atoms with Gasteiger partial charge in [-0.2, -0.15) is 0 Å². The highest BCUT2D eigenvalue weighted by Crippen LogP contribution is 2.28. The second-order valence-electron chi connectivity index (χ2n) is 9.93. The lowest BCUT2D eigenvalue weighted by atomic mass is 9.95. The van der Waals surface area contributed by atoms with Crippen LogP contribution >= 0.6 is 24.0 Å². The molecule has 2 amide bonds. The molecule has 4 rings (SSSR count). The number of hydrogen-bond acceptors (Lipinski definition) is 6. The third kappa shape index (κ3) is 7.03. The van der Waals surface area contributed by atoms with Gasteiger partial charge in [0.2, 0.25) is 5.91 Å². The van der Waals surface area contributed by atoms with Crippen LogP contribution in [0.3, 0.4) is 0 Å². The summed E-state index contributed by atoms with van der Waals surface area (Å²) in [7, 11) is 1.79. The number of rotatable bonds is 7. The van der Waals surface area contributed by atoms with Crippen LogP contribution in [0.5, 0.6) is 0 Å². The van der Waals surface area contributed by atoms with Gasteiger partial charge in [-0.05, 0) is 41.5 Å². The number of aliphatic hydroxyl groups is 1. The molecule has 0 bridgehead atoms. The predicted octanol–water partition coefficient (Wildman–Crippen LogP) is 5.82. The zero-order valence-electron chi connectivity index (χ0n) is 22.1. The van der Waals surface area contributed by atoms with E-state index < -0.39 is 5.41 Å². The van der Waals surface area contributed by atoms with Gasteiger partial charge < -0.3 is 21.1 Å². The van der Waals surface area contributed by atoms with Crippen LogP contribution < -0.4 is 16.0 Å². The summed E-state index contributed by atoms with van der Waals surface area (Å²) in [4.78, 5) is 34.7. The Hall–Kier alpha value is -3.72. The fourth-order valence-corrected chi connectivity index (χ4v) is 3.99. The minimum atomic E-state index is -0.512. The molecule has 0 atom stereocenters. The maximum Gasteiger partial charge on any atom is 0.257 e. The number of carbonyl (C=O) groups is 2. The highest BCUT2D eigenvalue weighted by molar-refractivity contribution is 6.34. The molecule has 4 N–H and O–H groups in total. The highest BCUT2D eigenvalue weighted by Gasteiger charge is 2.21. The Balaban J connectivity index is 0.00000420. The summed E-state index contributed by atoms with van der Waals surface area (Å²) in [6.07, 6.45) is 0. The Morgan fingerprint density at radius 2 is 1.64 bits per heavy atom. The van der Waals surface area contributed by atoms with Gasteiger partial charge in [0.1, 0.15) is 5.82 Å². The zero-order chi connectivity index (χ0) is 27.4. The number of anilines is 2. The fraction of sp³-hybridized carbons (Fsp3) is 0.241. The molecule has 0 aliphatic carbocycles. The van der Waals surface area contributed by atoms with Crippen molar-refractivity contribution in [3.63, 3.8) is 0 Å². The number of benzene rings is 3. The van der Waals surface area contributed by atoms with E-state index in [0.29, 0.717) is 33.4 Å². The topological polar surface area (TPSA) is 116 Å². The van der Waals surface area contributed by atoms with Crippen LogP contribution in [-0.2, 0) is 17.9 Å². The van der Waals surface area contributed by atoms with Crippen LogP contribution in [0.15, 0.2) is 60.7 Å². The Morgan fingerprint density at radius 3 is 2.28 bits per heavy atom. The predicted molar refractivity (Wildman–Crippen MR) is 158 cm³/mol. The molecule has 0 radical (unpaired) electrons. The molecular formula is C29H31Cl2N5O3. The molecule has 10 heteroatoms. The number of amides is 2. The Labute approximate surface area is 238 Å². The van der Waals surface area contributed by atoms with E-state index in [1.165, 1.54) is 0 Å². The number of hydrogen-bond donors (Lipinski definition) is 4. The molecule has 204 valence electrons. The number of halogens is 2. The Bertz CT molecular complexity index is 1500. The van der Waals surface area contributed by atoms with Crippen LogP contribution in [0.2, 0.25) is 5.02 Å². The largest absolute Gasteiger partial charge is 0.392 e. The average Bonchev–Trinajstić information content (AvgIpc) is 2.91. The first-order valence-electron chi connectivity index (χ1n) is 12.2. The number of carbonyl (C=O) groups excluding carboxylic acids is 2. The first-order valence-corrected chi connectivity index (χ1v) is 12.5. The minimum absolute atomic E-state index is 0. The van der Waals surface area contributed by atoms with E-state index in [1.54, 1.807) is 37.4 Å².